The predicted octanol–water partition coefficient (Wildman–Crippen LogP) is 1.43. The first-order valence-corrected chi connectivity index (χ1v) is 7.24. The lowest BCUT2D eigenvalue weighted by atomic mass is 9.87. The molecule has 1 aliphatic rings. The maximum Gasteiger partial charge on any atom is 0.323 e. The maximum absolute atomic E-state index is 5.40. The maximum atomic E-state index is 5.40. The number of anilines is 2. The Morgan fingerprint density at radius 3 is 2.55 bits per heavy atom. The van der Waals surface area contributed by atoms with Crippen LogP contribution in [0, 0.1) is 11.8 Å². The van der Waals surface area contributed by atoms with Gasteiger partial charge >= 0.3 is 6.01 Å². The van der Waals surface area contributed by atoms with Gasteiger partial charge in [-0.25, -0.2) is 5.84 Å². The van der Waals surface area contributed by atoms with E-state index in [1.807, 2.05) is 6.92 Å². The Labute approximate surface area is 119 Å². The molecular weight excluding hydrogens is 256 g/mol. The summed E-state index contributed by atoms with van der Waals surface area (Å²) in [4.78, 5) is 14.9. The van der Waals surface area contributed by atoms with Crippen molar-refractivity contribution in [3.05, 3.63) is 0 Å². The van der Waals surface area contributed by atoms with Crippen LogP contribution in [0.3, 0.4) is 0 Å². The monoisotopic (exact) mass is 280 g/mol. The molecule has 0 unspecified atom stereocenters. The van der Waals surface area contributed by atoms with E-state index in [-0.39, 0.29) is 0 Å². The minimum absolute atomic E-state index is 0.316. The van der Waals surface area contributed by atoms with Gasteiger partial charge in [0.25, 0.3) is 0 Å². The number of aromatic nitrogens is 3. The first-order valence-electron chi connectivity index (χ1n) is 7.24. The number of hydrogen-bond acceptors (Lipinski definition) is 7. The summed E-state index contributed by atoms with van der Waals surface area (Å²) < 4.78 is 5.35. The van der Waals surface area contributed by atoms with Crippen LogP contribution in [0.5, 0.6) is 6.01 Å². The topological polar surface area (TPSA) is 89.2 Å². The summed E-state index contributed by atoms with van der Waals surface area (Å²) in [6.07, 6.45) is 2.33. The van der Waals surface area contributed by atoms with E-state index in [0.29, 0.717) is 24.5 Å². The molecule has 1 aromatic rings. The van der Waals surface area contributed by atoms with Gasteiger partial charge in [-0.2, -0.15) is 15.0 Å². The van der Waals surface area contributed by atoms with E-state index in [1.54, 1.807) is 0 Å². The fourth-order valence-corrected chi connectivity index (χ4v) is 2.51. The molecule has 1 fully saturated rings. The van der Waals surface area contributed by atoms with Crippen molar-refractivity contribution in [3.63, 3.8) is 0 Å². The zero-order valence-electron chi connectivity index (χ0n) is 12.5. The summed E-state index contributed by atoms with van der Waals surface area (Å²) in [5.74, 6) is 7.89. The average molecular weight is 280 g/mol. The minimum atomic E-state index is 0.316. The van der Waals surface area contributed by atoms with Crippen LogP contribution < -0.4 is 20.9 Å². The van der Waals surface area contributed by atoms with Crippen LogP contribution in [0.2, 0.25) is 0 Å². The molecule has 1 aromatic heterocycles. The first kappa shape index (κ1) is 14.8. The molecule has 1 aliphatic heterocycles. The Kier molecular flexibility index (Phi) is 4.94. The number of nitrogen functional groups attached to an aromatic ring is 1. The summed E-state index contributed by atoms with van der Waals surface area (Å²) in [7, 11) is 0. The number of piperidine rings is 1. The third-order valence-corrected chi connectivity index (χ3v) is 3.77. The molecule has 0 aromatic carbocycles. The SMILES string of the molecule is CCOc1nc(NN)nc(N2CCC(C(C)C)CC2)n1. The smallest absolute Gasteiger partial charge is 0.323 e. The van der Waals surface area contributed by atoms with Crippen LogP contribution >= 0.6 is 0 Å². The molecule has 0 radical (unpaired) electrons. The Balaban J connectivity index is 2.10. The van der Waals surface area contributed by atoms with E-state index < -0.39 is 0 Å². The van der Waals surface area contributed by atoms with Gasteiger partial charge in [-0.05, 0) is 31.6 Å². The highest BCUT2D eigenvalue weighted by Gasteiger charge is 2.24. The molecule has 0 aliphatic carbocycles. The highest BCUT2D eigenvalue weighted by molar-refractivity contribution is 5.38. The number of hydrogen-bond donors (Lipinski definition) is 2. The van der Waals surface area contributed by atoms with Gasteiger partial charge in [0.1, 0.15) is 0 Å². The van der Waals surface area contributed by atoms with E-state index in [2.05, 4.69) is 39.1 Å². The minimum Gasteiger partial charge on any atom is -0.464 e. The second kappa shape index (κ2) is 6.69. The number of rotatable bonds is 5. The van der Waals surface area contributed by atoms with Gasteiger partial charge in [-0.1, -0.05) is 13.8 Å². The van der Waals surface area contributed by atoms with Crippen LogP contribution in [0.1, 0.15) is 33.6 Å². The van der Waals surface area contributed by atoms with Gasteiger partial charge in [0.15, 0.2) is 0 Å². The molecule has 1 saturated heterocycles. The second-order valence-corrected chi connectivity index (χ2v) is 5.39. The van der Waals surface area contributed by atoms with Gasteiger partial charge in [0.2, 0.25) is 11.9 Å². The standard InChI is InChI=1S/C13H24N6O/c1-4-20-13-16-11(18-14)15-12(17-13)19-7-5-10(6-8-19)9(2)3/h9-10H,4-8,14H2,1-3H3,(H,15,16,17,18). The Hall–Kier alpha value is -1.63. The van der Waals surface area contributed by atoms with Gasteiger partial charge in [0.05, 0.1) is 6.61 Å². The second-order valence-electron chi connectivity index (χ2n) is 5.39. The summed E-state index contributed by atoms with van der Waals surface area (Å²) in [5.41, 5.74) is 2.46. The van der Waals surface area contributed by atoms with E-state index in [0.717, 1.165) is 24.9 Å². The van der Waals surface area contributed by atoms with E-state index in [9.17, 15) is 0 Å². The summed E-state index contributed by atoms with van der Waals surface area (Å²) in [5, 5.41) is 0. The lowest BCUT2D eigenvalue weighted by Gasteiger charge is -2.33. The Morgan fingerprint density at radius 1 is 1.30 bits per heavy atom. The van der Waals surface area contributed by atoms with Crippen molar-refractivity contribution in [2.45, 2.75) is 33.6 Å². The van der Waals surface area contributed by atoms with Crippen molar-refractivity contribution in [3.8, 4) is 6.01 Å². The molecule has 20 heavy (non-hydrogen) atoms. The summed E-state index contributed by atoms with van der Waals surface area (Å²) in [6.45, 7) is 8.90. The molecule has 0 atom stereocenters. The molecule has 0 bridgehead atoms. The van der Waals surface area contributed by atoms with E-state index in [4.69, 9.17) is 10.6 Å². The average Bonchev–Trinajstić information content (AvgIpc) is 2.47. The van der Waals surface area contributed by atoms with Crippen LogP contribution in [0.4, 0.5) is 11.9 Å². The third-order valence-electron chi connectivity index (χ3n) is 3.77. The Bertz CT molecular complexity index is 431. The van der Waals surface area contributed by atoms with Crippen LogP contribution in [-0.2, 0) is 0 Å². The highest BCUT2D eigenvalue weighted by atomic mass is 16.5. The fourth-order valence-electron chi connectivity index (χ4n) is 2.51. The quantitative estimate of drug-likeness (QED) is 0.623. The Morgan fingerprint density at radius 2 is 2.00 bits per heavy atom. The van der Waals surface area contributed by atoms with E-state index >= 15 is 0 Å². The molecule has 0 spiro atoms. The van der Waals surface area contributed by atoms with Gasteiger partial charge in [0, 0.05) is 13.1 Å². The highest BCUT2D eigenvalue weighted by Crippen LogP contribution is 2.27. The van der Waals surface area contributed by atoms with Crippen molar-refractivity contribution < 1.29 is 4.74 Å². The predicted molar refractivity (Wildman–Crippen MR) is 78.6 cm³/mol. The third kappa shape index (κ3) is 3.47. The first-order chi connectivity index (χ1) is 9.63. The number of nitrogens with zero attached hydrogens (tertiary/aromatic N) is 4. The lowest BCUT2D eigenvalue weighted by Crippen LogP contribution is -2.36. The van der Waals surface area contributed by atoms with Crippen LogP contribution in [0.25, 0.3) is 0 Å². The molecule has 7 nitrogen and oxygen atoms in total. The number of ether oxygens (including phenoxy) is 1. The molecule has 0 amide bonds. The number of hydrazine groups is 1. The van der Waals surface area contributed by atoms with Crippen molar-refractivity contribution in [1.29, 1.82) is 0 Å². The van der Waals surface area contributed by atoms with Crippen molar-refractivity contribution in [1.82, 2.24) is 15.0 Å². The molecule has 2 rings (SSSR count). The zero-order valence-corrected chi connectivity index (χ0v) is 12.5. The van der Waals surface area contributed by atoms with E-state index in [1.165, 1.54) is 12.8 Å². The molecular formula is C13H24N6O. The van der Waals surface area contributed by atoms with Gasteiger partial charge in [-0.3, -0.25) is 5.43 Å². The zero-order chi connectivity index (χ0) is 14.5. The largest absolute Gasteiger partial charge is 0.464 e. The molecule has 3 N–H and O–H groups in total. The number of nitrogens with two attached hydrogens (primary N) is 1. The van der Waals surface area contributed by atoms with Gasteiger partial charge in [-0.15, -0.1) is 0 Å². The van der Waals surface area contributed by atoms with Crippen molar-refractivity contribution in [2.24, 2.45) is 17.7 Å². The van der Waals surface area contributed by atoms with Crippen molar-refractivity contribution >= 4 is 11.9 Å². The van der Waals surface area contributed by atoms with Crippen LogP contribution in [0.15, 0.2) is 0 Å². The fraction of sp³-hybridized carbons (Fsp3) is 0.769. The number of nitrogens with one attached hydrogen (secondary N) is 1. The molecule has 2 heterocycles. The van der Waals surface area contributed by atoms with Crippen LogP contribution in [-0.4, -0.2) is 34.6 Å². The normalized spacial score (nSPS) is 16.6. The molecule has 0 saturated carbocycles. The summed E-state index contributed by atoms with van der Waals surface area (Å²) in [6, 6.07) is 0.316. The molecule has 7 heteroatoms. The summed E-state index contributed by atoms with van der Waals surface area (Å²) >= 11 is 0. The van der Waals surface area contributed by atoms with Crippen molar-refractivity contribution in [2.75, 3.05) is 30.0 Å². The lowest BCUT2D eigenvalue weighted by molar-refractivity contribution is 0.302. The molecule has 112 valence electrons. The van der Waals surface area contributed by atoms with Gasteiger partial charge < -0.3 is 9.64 Å².